The summed E-state index contributed by atoms with van der Waals surface area (Å²) in [5.41, 5.74) is 0.397. The Hall–Kier alpha value is -2.06. The highest BCUT2D eigenvalue weighted by atomic mass is 32.2. The van der Waals surface area contributed by atoms with Crippen molar-refractivity contribution < 1.29 is 28.6 Å². The Morgan fingerprint density at radius 1 is 1.17 bits per heavy atom. The first-order valence-electron chi connectivity index (χ1n) is 7.36. The van der Waals surface area contributed by atoms with E-state index in [1.54, 1.807) is 31.2 Å². The molecule has 0 aliphatic rings. The van der Waals surface area contributed by atoms with Crippen LogP contribution in [-0.4, -0.2) is 44.8 Å². The van der Waals surface area contributed by atoms with Gasteiger partial charge in [-0.3, -0.25) is 9.59 Å². The summed E-state index contributed by atoms with van der Waals surface area (Å²) in [6, 6.07) is 6.16. The van der Waals surface area contributed by atoms with Crippen LogP contribution < -0.4 is 4.72 Å². The quantitative estimate of drug-likeness (QED) is 0.408. The van der Waals surface area contributed by atoms with Crippen molar-refractivity contribution >= 4 is 29.9 Å². The molecule has 1 rings (SSSR count). The molecule has 0 fully saturated rings. The first kappa shape index (κ1) is 20.0. The van der Waals surface area contributed by atoms with Gasteiger partial charge in [-0.2, -0.15) is 0 Å². The van der Waals surface area contributed by atoms with Crippen LogP contribution in [0.3, 0.4) is 0 Å². The molecule has 0 spiro atoms. The van der Waals surface area contributed by atoms with Crippen molar-refractivity contribution in [1.82, 2.24) is 4.72 Å². The standard InChI is InChI=1S/C16H21NO6S/c1-4-23-15(19)11-7-5-6-8-13(11)24-17-12(16(20)22-3)9-10-14(18)21-2/h5-8,12,17H,4,9-10H2,1-3H3/t12-/m0/s1. The van der Waals surface area contributed by atoms with E-state index in [1.807, 2.05) is 0 Å². The third kappa shape index (κ3) is 6.21. The second-order valence-electron chi connectivity index (χ2n) is 4.63. The summed E-state index contributed by atoms with van der Waals surface area (Å²) in [4.78, 5) is 35.6. The van der Waals surface area contributed by atoms with Crippen LogP contribution in [0.15, 0.2) is 29.2 Å². The molecule has 0 saturated heterocycles. The van der Waals surface area contributed by atoms with Crippen LogP contribution in [0.25, 0.3) is 0 Å². The van der Waals surface area contributed by atoms with Gasteiger partial charge in [0.25, 0.3) is 0 Å². The maximum absolute atomic E-state index is 11.9. The van der Waals surface area contributed by atoms with Gasteiger partial charge in [0.2, 0.25) is 0 Å². The van der Waals surface area contributed by atoms with Crippen molar-refractivity contribution in [3.63, 3.8) is 0 Å². The Bertz CT molecular complexity index is 577. The highest BCUT2D eigenvalue weighted by molar-refractivity contribution is 7.97. The molecule has 8 heteroatoms. The molecule has 0 radical (unpaired) electrons. The third-order valence-electron chi connectivity index (χ3n) is 3.04. The number of hydrogen-bond acceptors (Lipinski definition) is 8. The third-order valence-corrected chi connectivity index (χ3v) is 4.02. The van der Waals surface area contributed by atoms with Crippen molar-refractivity contribution in [1.29, 1.82) is 0 Å². The smallest absolute Gasteiger partial charge is 0.339 e. The fourth-order valence-electron chi connectivity index (χ4n) is 1.80. The van der Waals surface area contributed by atoms with E-state index < -0.39 is 23.9 Å². The molecule has 1 N–H and O–H groups in total. The summed E-state index contributed by atoms with van der Waals surface area (Å²) in [7, 11) is 2.56. The molecule has 0 bridgehead atoms. The van der Waals surface area contributed by atoms with Gasteiger partial charge in [0.05, 0.1) is 26.4 Å². The second kappa shape index (κ2) is 10.7. The van der Waals surface area contributed by atoms with Gasteiger partial charge in [-0.1, -0.05) is 12.1 Å². The van der Waals surface area contributed by atoms with E-state index in [-0.39, 0.29) is 19.4 Å². The van der Waals surface area contributed by atoms with Crippen LogP contribution in [-0.2, 0) is 23.8 Å². The molecule has 24 heavy (non-hydrogen) atoms. The van der Waals surface area contributed by atoms with Gasteiger partial charge in [0, 0.05) is 11.3 Å². The molecular weight excluding hydrogens is 334 g/mol. The molecule has 1 aromatic rings. The van der Waals surface area contributed by atoms with E-state index in [1.165, 1.54) is 14.2 Å². The summed E-state index contributed by atoms with van der Waals surface area (Å²) in [5.74, 6) is -1.35. The highest BCUT2D eigenvalue weighted by Gasteiger charge is 2.22. The van der Waals surface area contributed by atoms with Crippen molar-refractivity contribution in [2.45, 2.75) is 30.7 Å². The topological polar surface area (TPSA) is 90.9 Å². The first-order valence-corrected chi connectivity index (χ1v) is 8.18. The normalized spacial score (nSPS) is 11.5. The minimum Gasteiger partial charge on any atom is -0.469 e. The van der Waals surface area contributed by atoms with Crippen LogP contribution in [0.5, 0.6) is 0 Å². The zero-order chi connectivity index (χ0) is 17.9. The monoisotopic (exact) mass is 355 g/mol. The van der Waals surface area contributed by atoms with E-state index >= 15 is 0 Å². The molecule has 0 saturated carbocycles. The lowest BCUT2D eigenvalue weighted by molar-refractivity contribution is -0.144. The molecule has 0 aliphatic heterocycles. The van der Waals surface area contributed by atoms with Crippen molar-refractivity contribution in [3.8, 4) is 0 Å². The maximum Gasteiger partial charge on any atom is 0.339 e. The first-order chi connectivity index (χ1) is 11.5. The number of hydrogen-bond donors (Lipinski definition) is 1. The molecule has 132 valence electrons. The van der Waals surface area contributed by atoms with Crippen molar-refractivity contribution in [2.75, 3.05) is 20.8 Å². The van der Waals surface area contributed by atoms with Gasteiger partial charge in [-0.05, 0) is 37.4 Å². The predicted octanol–water partition coefficient (Wildman–Crippen LogP) is 1.95. The summed E-state index contributed by atoms with van der Waals surface area (Å²) in [6.45, 7) is 2.00. The molecular formula is C16H21NO6S. The van der Waals surface area contributed by atoms with Crippen LogP contribution in [0.4, 0.5) is 0 Å². The van der Waals surface area contributed by atoms with Crippen LogP contribution in [0.1, 0.15) is 30.1 Å². The van der Waals surface area contributed by atoms with E-state index in [0.717, 1.165) is 11.9 Å². The molecule has 1 atom stereocenters. The predicted molar refractivity (Wildman–Crippen MR) is 88.4 cm³/mol. The fourth-order valence-corrected chi connectivity index (χ4v) is 2.69. The molecule has 0 heterocycles. The number of nitrogens with one attached hydrogen (secondary N) is 1. The van der Waals surface area contributed by atoms with Gasteiger partial charge in [-0.25, -0.2) is 9.52 Å². The number of carbonyl (C=O) groups excluding carboxylic acids is 3. The minimum absolute atomic E-state index is 0.0728. The second-order valence-corrected chi connectivity index (χ2v) is 5.51. The zero-order valence-electron chi connectivity index (χ0n) is 13.9. The SMILES string of the molecule is CCOC(=O)c1ccccc1SN[C@@H](CCC(=O)OC)C(=O)OC. The van der Waals surface area contributed by atoms with E-state index in [4.69, 9.17) is 9.47 Å². The minimum atomic E-state index is -0.714. The van der Waals surface area contributed by atoms with Crippen LogP contribution in [0, 0.1) is 0 Å². The summed E-state index contributed by atoms with van der Waals surface area (Å²) in [6.07, 6.45) is 0.289. The lowest BCUT2D eigenvalue weighted by atomic mass is 10.2. The van der Waals surface area contributed by atoms with Gasteiger partial charge in [0.15, 0.2) is 0 Å². The molecule has 0 amide bonds. The van der Waals surface area contributed by atoms with Gasteiger partial charge in [0.1, 0.15) is 6.04 Å². The van der Waals surface area contributed by atoms with E-state index in [9.17, 15) is 14.4 Å². The fraction of sp³-hybridized carbons (Fsp3) is 0.438. The Balaban J connectivity index is 2.77. The Morgan fingerprint density at radius 3 is 2.50 bits per heavy atom. The van der Waals surface area contributed by atoms with E-state index in [0.29, 0.717) is 10.5 Å². The average molecular weight is 355 g/mol. The molecule has 0 aliphatic carbocycles. The Morgan fingerprint density at radius 2 is 1.88 bits per heavy atom. The summed E-state index contributed by atoms with van der Waals surface area (Å²) < 4.78 is 17.2. The van der Waals surface area contributed by atoms with Crippen molar-refractivity contribution in [3.05, 3.63) is 29.8 Å². The van der Waals surface area contributed by atoms with Gasteiger partial charge in [-0.15, -0.1) is 0 Å². The van der Waals surface area contributed by atoms with Crippen molar-refractivity contribution in [2.24, 2.45) is 0 Å². The number of ether oxygens (including phenoxy) is 3. The number of carbonyl (C=O) groups is 3. The molecule has 0 unspecified atom stereocenters. The van der Waals surface area contributed by atoms with Gasteiger partial charge >= 0.3 is 17.9 Å². The molecule has 0 aromatic heterocycles. The van der Waals surface area contributed by atoms with Gasteiger partial charge < -0.3 is 14.2 Å². The number of rotatable bonds is 9. The largest absolute Gasteiger partial charge is 0.469 e. The highest BCUT2D eigenvalue weighted by Crippen LogP contribution is 2.22. The molecule has 1 aromatic carbocycles. The van der Waals surface area contributed by atoms with Crippen LogP contribution in [0.2, 0.25) is 0 Å². The lowest BCUT2D eigenvalue weighted by Crippen LogP contribution is -2.34. The average Bonchev–Trinajstić information content (AvgIpc) is 2.61. The maximum atomic E-state index is 11.9. The van der Waals surface area contributed by atoms with E-state index in [2.05, 4.69) is 9.46 Å². The molecule has 7 nitrogen and oxygen atoms in total. The summed E-state index contributed by atoms with van der Waals surface area (Å²) >= 11 is 1.11. The number of methoxy groups -OCH3 is 2. The number of esters is 3. The van der Waals surface area contributed by atoms with Crippen LogP contribution >= 0.6 is 11.9 Å². The Kier molecular flexibility index (Phi) is 8.88. The summed E-state index contributed by atoms with van der Waals surface area (Å²) in [5, 5.41) is 0. The lowest BCUT2D eigenvalue weighted by Gasteiger charge is -2.16. The zero-order valence-corrected chi connectivity index (χ0v) is 14.7. The number of benzene rings is 1. The Labute approximate surface area is 145 Å².